The van der Waals surface area contributed by atoms with Crippen LogP contribution in [0.3, 0.4) is 0 Å². The highest BCUT2D eigenvalue weighted by Gasteiger charge is 2.26. The number of hydrogen-bond acceptors (Lipinski definition) is 4. The van der Waals surface area contributed by atoms with E-state index in [2.05, 4.69) is 5.32 Å². The molecular formula is C11H19NO5. The van der Waals surface area contributed by atoms with Gasteiger partial charge in [-0.2, -0.15) is 0 Å². The third-order valence-electron chi connectivity index (χ3n) is 1.75. The summed E-state index contributed by atoms with van der Waals surface area (Å²) in [5.74, 6) is -2.32. The van der Waals surface area contributed by atoms with Crippen LogP contribution in [0.5, 0.6) is 0 Å². The van der Waals surface area contributed by atoms with Gasteiger partial charge in [-0.05, 0) is 20.8 Å². The number of carboxylic acids is 1. The maximum absolute atomic E-state index is 11.4. The predicted octanol–water partition coefficient (Wildman–Crippen LogP) is 0.698. The lowest BCUT2D eigenvalue weighted by Crippen LogP contribution is -2.43. The molecule has 1 amide bonds. The maximum Gasteiger partial charge on any atom is 0.326 e. The number of carbonyl (C=O) groups is 3. The van der Waals surface area contributed by atoms with Crippen LogP contribution in [0.2, 0.25) is 0 Å². The largest absolute Gasteiger partial charge is 0.480 e. The molecule has 17 heavy (non-hydrogen) atoms. The number of rotatable bonds is 5. The van der Waals surface area contributed by atoms with Crippen LogP contribution in [0.15, 0.2) is 0 Å². The number of carboxylic acid groups (broad SMARTS) is 1. The Labute approximate surface area is 100 Å². The first-order valence-corrected chi connectivity index (χ1v) is 5.39. The summed E-state index contributed by atoms with van der Waals surface area (Å²) >= 11 is 0. The van der Waals surface area contributed by atoms with Gasteiger partial charge in [0.05, 0.1) is 6.42 Å². The van der Waals surface area contributed by atoms with Crippen molar-refractivity contribution in [2.24, 2.45) is 0 Å². The van der Waals surface area contributed by atoms with Crippen LogP contribution in [0.1, 0.15) is 40.5 Å². The molecule has 0 rings (SSSR count). The van der Waals surface area contributed by atoms with E-state index in [1.807, 2.05) is 0 Å². The van der Waals surface area contributed by atoms with Gasteiger partial charge in [-0.25, -0.2) is 4.79 Å². The molecule has 0 aliphatic heterocycles. The summed E-state index contributed by atoms with van der Waals surface area (Å²) in [7, 11) is 0. The van der Waals surface area contributed by atoms with E-state index in [0.29, 0.717) is 0 Å². The van der Waals surface area contributed by atoms with Gasteiger partial charge in [0.2, 0.25) is 5.91 Å². The second-order valence-electron chi connectivity index (χ2n) is 4.60. The molecule has 6 nitrogen and oxygen atoms in total. The van der Waals surface area contributed by atoms with Gasteiger partial charge in [-0.15, -0.1) is 0 Å². The SMILES string of the molecule is CCC(=O)NC(CC(=O)OC(C)(C)C)C(=O)O. The third kappa shape index (κ3) is 7.32. The van der Waals surface area contributed by atoms with Crippen molar-refractivity contribution < 1.29 is 24.2 Å². The summed E-state index contributed by atoms with van der Waals surface area (Å²) in [5.41, 5.74) is -0.672. The highest BCUT2D eigenvalue weighted by molar-refractivity contribution is 5.87. The van der Waals surface area contributed by atoms with E-state index in [-0.39, 0.29) is 12.8 Å². The van der Waals surface area contributed by atoms with E-state index in [9.17, 15) is 14.4 Å². The van der Waals surface area contributed by atoms with Gasteiger partial charge >= 0.3 is 11.9 Å². The van der Waals surface area contributed by atoms with Crippen molar-refractivity contribution in [3.05, 3.63) is 0 Å². The molecule has 0 aliphatic rings. The molecular weight excluding hydrogens is 226 g/mol. The van der Waals surface area contributed by atoms with Gasteiger partial charge in [0.1, 0.15) is 11.6 Å². The van der Waals surface area contributed by atoms with E-state index in [0.717, 1.165) is 0 Å². The lowest BCUT2D eigenvalue weighted by atomic mass is 10.1. The zero-order valence-corrected chi connectivity index (χ0v) is 10.6. The molecule has 0 aromatic carbocycles. The quantitative estimate of drug-likeness (QED) is 0.695. The number of aliphatic carboxylic acids is 1. The Morgan fingerprint density at radius 2 is 1.82 bits per heavy atom. The number of nitrogens with one attached hydrogen (secondary N) is 1. The van der Waals surface area contributed by atoms with Crippen molar-refractivity contribution in [1.29, 1.82) is 0 Å². The molecule has 6 heteroatoms. The minimum Gasteiger partial charge on any atom is -0.480 e. The molecule has 0 aromatic heterocycles. The molecule has 2 N–H and O–H groups in total. The molecule has 0 aliphatic carbocycles. The van der Waals surface area contributed by atoms with Crippen molar-refractivity contribution in [2.45, 2.75) is 52.2 Å². The minimum absolute atomic E-state index is 0.165. The van der Waals surface area contributed by atoms with Crippen LogP contribution in [0.4, 0.5) is 0 Å². The van der Waals surface area contributed by atoms with Crippen molar-refractivity contribution in [2.75, 3.05) is 0 Å². The van der Waals surface area contributed by atoms with E-state index in [1.54, 1.807) is 27.7 Å². The lowest BCUT2D eigenvalue weighted by molar-refractivity contribution is -0.158. The summed E-state index contributed by atoms with van der Waals surface area (Å²) in [6, 6.07) is -1.24. The van der Waals surface area contributed by atoms with Gasteiger partial charge in [0.25, 0.3) is 0 Å². The Morgan fingerprint density at radius 1 is 1.29 bits per heavy atom. The Bertz CT molecular complexity index is 305. The molecule has 98 valence electrons. The summed E-state index contributed by atoms with van der Waals surface area (Å²) < 4.78 is 4.98. The maximum atomic E-state index is 11.4. The Morgan fingerprint density at radius 3 is 2.18 bits per heavy atom. The predicted molar refractivity (Wildman–Crippen MR) is 60.3 cm³/mol. The molecule has 1 atom stereocenters. The second-order valence-corrected chi connectivity index (χ2v) is 4.60. The highest BCUT2D eigenvalue weighted by atomic mass is 16.6. The normalized spacial score (nSPS) is 12.7. The zero-order chi connectivity index (χ0) is 13.6. The van der Waals surface area contributed by atoms with Crippen LogP contribution in [0, 0.1) is 0 Å². The summed E-state index contributed by atoms with van der Waals surface area (Å²) in [5, 5.41) is 11.1. The Balaban J connectivity index is 4.41. The van der Waals surface area contributed by atoms with Gasteiger partial charge in [-0.1, -0.05) is 6.92 Å². The smallest absolute Gasteiger partial charge is 0.326 e. The number of hydrogen-bond donors (Lipinski definition) is 2. The number of ether oxygens (including phenoxy) is 1. The number of amides is 1. The van der Waals surface area contributed by atoms with Crippen LogP contribution in [-0.4, -0.2) is 34.6 Å². The number of carbonyl (C=O) groups excluding carboxylic acids is 2. The topological polar surface area (TPSA) is 92.7 Å². The molecule has 0 spiro atoms. The summed E-state index contributed by atoms with van der Waals surface area (Å²) in [4.78, 5) is 33.3. The molecule has 0 aromatic rings. The van der Waals surface area contributed by atoms with Crippen molar-refractivity contribution in [3.8, 4) is 0 Å². The summed E-state index contributed by atoms with van der Waals surface area (Å²) in [6.45, 7) is 6.66. The average molecular weight is 245 g/mol. The van der Waals surface area contributed by atoms with Crippen molar-refractivity contribution in [1.82, 2.24) is 5.32 Å². The van der Waals surface area contributed by atoms with Crippen molar-refractivity contribution in [3.63, 3.8) is 0 Å². The van der Waals surface area contributed by atoms with Crippen LogP contribution < -0.4 is 5.32 Å². The molecule has 0 heterocycles. The fraction of sp³-hybridized carbons (Fsp3) is 0.727. The molecule has 0 saturated heterocycles. The minimum atomic E-state index is -1.25. The first-order chi connectivity index (χ1) is 7.65. The van der Waals surface area contributed by atoms with E-state index in [4.69, 9.17) is 9.84 Å². The van der Waals surface area contributed by atoms with Crippen molar-refractivity contribution >= 4 is 17.8 Å². The Hall–Kier alpha value is -1.59. The van der Waals surface area contributed by atoms with E-state index in [1.165, 1.54) is 0 Å². The highest BCUT2D eigenvalue weighted by Crippen LogP contribution is 2.09. The fourth-order valence-electron chi connectivity index (χ4n) is 1.05. The van der Waals surface area contributed by atoms with Gasteiger partial charge in [0, 0.05) is 6.42 Å². The summed E-state index contributed by atoms with van der Waals surface area (Å²) in [6.07, 6.45) is -0.212. The van der Waals surface area contributed by atoms with Gasteiger partial charge < -0.3 is 15.2 Å². The second kappa shape index (κ2) is 6.22. The van der Waals surface area contributed by atoms with E-state index >= 15 is 0 Å². The van der Waals surface area contributed by atoms with E-state index < -0.39 is 29.5 Å². The first-order valence-electron chi connectivity index (χ1n) is 5.39. The van der Waals surface area contributed by atoms with Gasteiger partial charge in [-0.3, -0.25) is 9.59 Å². The molecule has 0 radical (unpaired) electrons. The lowest BCUT2D eigenvalue weighted by Gasteiger charge is -2.21. The van der Waals surface area contributed by atoms with Crippen LogP contribution >= 0.6 is 0 Å². The number of esters is 1. The first kappa shape index (κ1) is 15.4. The standard InChI is InChI=1S/C11H19NO5/c1-5-8(13)12-7(10(15)16)6-9(14)17-11(2,3)4/h7H,5-6H2,1-4H3,(H,12,13)(H,15,16). The van der Waals surface area contributed by atoms with Gasteiger partial charge in [0.15, 0.2) is 0 Å². The zero-order valence-electron chi connectivity index (χ0n) is 10.6. The average Bonchev–Trinajstić information content (AvgIpc) is 2.13. The molecule has 0 bridgehead atoms. The van der Waals surface area contributed by atoms with Crippen LogP contribution in [0.25, 0.3) is 0 Å². The monoisotopic (exact) mass is 245 g/mol. The molecule has 0 saturated carbocycles. The Kier molecular flexibility index (Phi) is 5.64. The fourth-order valence-corrected chi connectivity index (χ4v) is 1.05. The molecule has 0 fully saturated rings. The van der Waals surface area contributed by atoms with Crippen LogP contribution in [-0.2, 0) is 19.1 Å². The third-order valence-corrected chi connectivity index (χ3v) is 1.75. The molecule has 1 unspecified atom stereocenters.